The van der Waals surface area contributed by atoms with Gasteiger partial charge in [-0.15, -0.1) is 0 Å². The van der Waals surface area contributed by atoms with Gasteiger partial charge in [0.05, 0.1) is 13.1 Å². The summed E-state index contributed by atoms with van der Waals surface area (Å²) in [5.74, 6) is -0.101. The summed E-state index contributed by atoms with van der Waals surface area (Å²) in [6, 6.07) is 15.3. The van der Waals surface area contributed by atoms with E-state index in [1.54, 1.807) is 45.3 Å². The molecule has 1 fully saturated rings. The molecule has 0 bridgehead atoms. The minimum absolute atomic E-state index is 0. The molecule has 41 heavy (non-hydrogen) atoms. The number of likely N-dealkylation sites (tertiary alicyclic amines) is 1. The summed E-state index contributed by atoms with van der Waals surface area (Å²) in [6.45, 7) is 12.7. The van der Waals surface area contributed by atoms with Crippen LogP contribution in [0.1, 0.15) is 31.4 Å². The van der Waals surface area contributed by atoms with Gasteiger partial charge in [0.2, 0.25) is 0 Å². The normalized spacial score (nSPS) is 12.6. The molecule has 1 atom stereocenters. The first-order valence-corrected chi connectivity index (χ1v) is 12.1. The first-order valence-electron chi connectivity index (χ1n) is 12.1. The fourth-order valence-corrected chi connectivity index (χ4v) is 3.68. The van der Waals surface area contributed by atoms with Crippen LogP contribution in [0, 0.1) is 32.7 Å². The standard InChI is InChI=1S/C16H18NO3.C9H9BN6.2CO.Mo/c1-2-7-15(13-8-4-3-5-9-13)20-16(19)17-11-6-10-14(18)12-17;1-4-11-14(7-1)10(15-8-2-5-12-15)16-9-3-6-13-16;2*1-2;/h3-6,8-11,15H,2,7,12H2,1H3;1-9H;;;/q;-1;;;+2/t15-;;;;/m0..../s1. The van der Waals surface area contributed by atoms with Crippen LogP contribution in [0.25, 0.3) is 0 Å². The summed E-state index contributed by atoms with van der Waals surface area (Å²) in [5, 5.41) is 12.7. The van der Waals surface area contributed by atoms with Crippen LogP contribution < -0.4 is 0 Å². The molecule has 5 rings (SSSR count). The average molecular weight is 636 g/mol. The smallest absolute Gasteiger partial charge is 0.425 e. The van der Waals surface area contributed by atoms with Crippen LogP contribution in [0.15, 0.2) is 85.7 Å². The van der Waals surface area contributed by atoms with Crippen LogP contribution in [0.4, 0.5) is 4.79 Å². The minimum Gasteiger partial charge on any atom is -0.425 e. The summed E-state index contributed by atoms with van der Waals surface area (Å²) in [4.78, 5) is 24.7. The Morgan fingerprint density at radius 2 is 1.44 bits per heavy atom. The molecular formula is C27H27BMoN7O5+. The molecule has 0 spiro atoms. The number of aromatic nitrogens is 6. The van der Waals surface area contributed by atoms with E-state index in [0.717, 1.165) is 18.4 Å². The summed E-state index contributed by atoms with van der Waals surface area (Å²) >= 11 is 0. The molecule has 0 aliphatic carbocycles. The number of benzene rings is 1. The number of hydrogen-bond acceptors (Lipinski definition) is 6. The molecule has 208 valence electrons. The van der Waals surface area contributed by atoms with E-state index in [9.17, 15) is 9.59 Å². The predicted octanol–water partition coefficient (Wildman–Crippen LogP) is 3.25. The zero-order valence-electron chi connectivity index (χ0n) is 22.2. The third-order valence-corrected chi connectivity index (χ3v) is 5.36. The summed E-state index contributed by atoms with van der Waals surface area (Å²) in [7, 11) is -0.194. The molecule has 0 saturated carbocycles. The average Bonchev–Trinajstić information content (AvgIpc) is 3.82. The van der Waals surface area contributed by atoms with Crippen molar-refractivity contribution in [2.45, 2.75) is 25.9 Å². The molecule has 1 aliphatic heterocycles. The largest absolute Gasteiger partial charge is 2.00 e. The third-order valence-electron chi connectivity index (χ3n) is 5.36. The van der Waals surface area contributed by atoms with Gasteiger partial charge in [0.15, 0.2) is 5.78 Å². The fourth-order valence-electron chi connectivity index (χ4n) is 3.68. The molecule has 0 N–H and O–H groups in total. The molecule has 12 nitrogen and oxygen atoms in total. The van der Waals surface area contributed by atoms with Gasteiger partial charge in [0.25, 0.3) is 7.12 Å². The zero-order chi connectivity index (χ0) is 29.2. The van der Waals surface area contributed by atoms with Crippen molar-refractivity contribution < 1.29 is 44.7 Å². The van der Waals surface area contributed by atoms with Gasteiger partial charge in [-0.2, -0.15) is 0 Å². The number of nitrogens with zero attached hydrogens (tertiary/aromatic N) is 7. The van der Waals surface area contributed by atoms with Crippen molar-refractivity contribution in [3.63, 3.8) is 0 Å². The van der Waals surface area contributed by atoms with E-state index in [4.69, 9.17) is 14.0 Å². The van der Waals surface area contributed by atoms with Crippen molar-refractivity contribution in [1.29, 1.82) is 0 Å². The van der Waals surface area contributed by atoms with Gasteiger partial charge in [0, 0.05) is 25.0 Å². The second-order valence-electron chi connectivity index (χ2n) is 7.98. The van der Waals surface area contributed by atoms with Crippen LogP contribution in [-0.4, -0.2) is 59.5 Å². The zero-order valence-corrected chi connectivity index (χ0v) is 24.2. The molecule has 14 heteroatoms. The molecule has 4 heterocycles. The van der Waals surface area contributed by atoms with E-state index in [1.165, 1.54) is 11.3 Å². The molecule has 4 radical (unpaired) electrons. The molecule has 1 aromatic carbocycles. The number of rotatable bonds is 7. The number of carbonyl (C=O) groups is 2. The topological polar surface area (TPSA) is 140 Å². The Morgan fingerprint density at radius 1 is 0.927 bits per heavy atom. The maximum atomic E-state index is 12.1. The molecule has 1 amide bonds. The Labute approximate surface area is 253 Å². The molecule has 4 aromatic rings. The first kappa shape index (κ1) is 35.1. The summed E-state index contributed by atoms with van der Waals surface area (Å²) < 4.78 is 25.9. The Balaban J connectivity index is 0.000000363. The van der Waals surface area contributed by atoms with Crippen LogP contribution >= 0.6 is 0 Å². The van der Waals surface area contributed by atoms with Gasteiger partial charge in [-0.1, -0.05) is 43.7 Å². The monoisotopic (exact) mass is 638 g/mol. The van der Waals surface area contributed by atoms with Crippen molar-refractivity contribution >= 4 is 19.0 Å². The maximum absolute atomic E-state index is 12.1. The minimum atomic E-state index is -0.481. The third kappa shape index (κ3) is 10.8. The van der Waals surface area contributed by atoms with Crippen molar-refractivity contribution in [2.75, 3.05) is 6.54 Å². The van der Waals surface area contributed by atoms with Crippen LogP contribution in [0.2, 0.25) is 0 Å². The number of carbonyl (C=O) groups excluding carboxylic acids is 2. The summed E-state index contributed by atoms with van der Waals surface area (Å²) in [6.07, 6.45) is 14.8. The Kier molecular flexibility index (Phi) is 17.1. The summed E-state index contributed by atoms with van der Waals surface area (Å²) in [5.41, 5.74) is 0.974. The van der Waals surface area contributed by atoms with Crippen molar-refractivity contribution in [2.24, 2.45) is 0 Å². The fraction of sp³-hybridized carbons (Fsp3) is 0.185. The first-order chi connectivity index (χ1) is 19.7. The number of ether oxygens (including phenoxy) is 1. The van der Waals surface area contributed by atoms with Crippen LogP contribution in [0.5, 0.6) is 0 Å². The molecular weight excluding hydrogens is 609 g/mol. The van der Waals surface area contributed by atoms with Gasteiger partial charge >= 0.3 is 49.8 Å². The predicted molar refractivity (Wildman–Crippen MR) is 142 cm³/mol. The van der Waals surface area contributed by atoms with Gasteiger partial charge in [-0.25, -0.2) is 20.1 Å². The SMILES string of the molecule is CCC[C@H](OC(=O)N1[CH][CH][CH]C(=O)C1)c1ccccc1.[C-]#[O+].[C-]#[O+].[Mo+2].c1cnn([B-](n2cccn2)n2cccn2)c1. The van der Waals surface area contributed by atoms with E-state index < -0.39 is 6.09 Å². The number of hydrogen-bond donors (Lipinski definition) is 0. The quantitative estimate of drug-likeness (QED) is 0.173. The molecule has 0 unspecified atom stereocenters. The second-order valence-corrected chi connectivity index (χ2v) is 7.98. The van der Waals surface area contributed by atoms with Crippen molar-refractivity contribution in [3.05, 3.63) is 124 Å². The van der Waals surface area contributed by atoms with Gasteiger partial charge in [0.1, 0.15) is 6.10 Å². The molecule has 1 saturated heterocycles. The number of piperidine rings is 1. The Hall–Kier alpha value is -3.98. The molecule has 1 aliphatic rings. The van der Waals surface area contributed by atoms with Crippen molar-refractivity contribution in [1.82, 2.24) is 34.0 Å². The van der Waals surface area contributed by atoms with Gasteiger partial charge in [-0.3, -0.25) is 9.69 Å². The van der Waals surface area contributed by atoms with E-state index in [2.05, 4.69) is 28.6 Å². The van der Waals surface area contributed by atoms with Crippen LogP contribution in [-0.2, 0) is 39.9 Å². The molecule has 3 aromatic heterocycles. The van der Waals surface area contributed by atoms with E-state index >= 15 is 0 Å². The second kappa shape index (κ2) is 20.0. The van der Waals surface area contributed by atoms with E-state index in [0.29, 0.717) is 0 Å². The Bertz CT molecular complexity index is 1200. The van der Waals surface area contributed by atoms with Crippen LogP contribution in [0.3, 0.4) is 0 Å². The Morgan fingerprint density at radius 3 is 1.85 bits per heavy atom. The van der Waals surface area contributed by atoms with E-state index in [-0.39, 0.29) is 46.6 Å². The van der Waals surface area contributed by atoms with Gasteiger partial charge in [-0.05, 0) is 55.2 Å². The number of Topliss-reactive ketones (excluding diaryl/α,β-unsaturated/α-hetero) is 1. The van der Waals surface area contributed by atoms with Gasteiger partial charge < -0.3 is 18.5 Å². The maximum Gasteiger partial charge on any atom is 2.00 e. The van der Waals surface area contributed by atoms with Crippen molar-refractivity contribution in [3.8, 4) is 0 Å². The number of amides is 1. The number of ketones is 1. The van der Waals surface area contributed by atoms with E-state index in [1.807, 2.05) is 74.0 Å².